The number of fused-ring (bicyclic) bond motifs is 1. The monoisotopic (exact) mass is 394 g/mol. The molecule has 0 atom stereocenters. The molecule has 0 aliphatic carbocycles. The van der Waals surface area contributed by atoms with Gasteiger partial charge in [0.25, 0.3) is 5.91 Å². The molecule has 2 aromatic rings. The number of rotatable bonds is 1. The van der Waals surface area contributed by atoms with Crippen LogP contribution in [0.2, 0.25) is 0 Å². The summed E-state index contributed by atoms with van der Waals surface area (Å²) in [5, 5.41) is 3.34. The van der Waals surface area contributed by atoms with Crippen LogP contribution in [-0.2, 0) is 0 Å². The van der Waals surface area contributed by atoms with E-state index in [1.807, 2.05) is 30.0 Å². The van der Waals surface area contributed by atoms with E-state index < -0.39 is 5.66 Å². The standard InChI is InChI=1S/C18H19FN4OS.ClH/c1-11-5-6-14(25-11)17(24)23-9-7-18(8-10-23)21-13-4-2-3-12(19)15(13)16(20)22-18;/h2-6,21H,7-10H2,1H3,(H2,20,22);1H. The molecule has 0 unspecified atom stereocenters. The number of anilines is 1. The summed E-state index contributed by atoms with van der Waals surface area (Å²) in [4.78, 5) is 20.9. The van der Waals surface area contributed by atoms with Gasteiger partial charge in [-0.15, -0.1) is 23.7 Å². The van der Waals surface area contributed by atoms with E-state index in [1.165, 1.54) is 17.4 Å². The average molecular weight is 395 g/mol. The number of nitrogens with two attached hydrogens (primary N) is 1. The normalized spacial score (nSPS) is 17.8. The molecule has 1 aromatic carbocycles. The molecular formula is C18H20ClFN4OS. The van der Waals surface area contributed by atoms with Crippen molar-refractivity contribution in [3.8, 4) is 0 Å². The van der Waals surface area contributed by atoms with E-state index in [0.29, 0.717) is 37.2 Å². The molecule has 1 amide bonds. The fourth-order valence-electron chi connectivity index (χ4n) is 3.48. The molecule has 3 N–H and O–H groups in total. The van der Waals surface area contributed by atoms with Crippen LogP contribution >= 0.6 is 23.7 Å². The zero-order valence-electron chi connectivity index (χ0n) is 14.3. The van der Waals surface area contributed by atoms with Gasteiger partial charge >= 0.3 is 0 Å². The zero-order chi connectivity index (χ0) is 17.6. The fourth-order valence-corrected chi connectivity index (χ4v) is 4.31. The number of nitrogens with zero attached hydrogens (tertiary/aromatic N) is 2. The van der Waals surface area contributed by atoms with Crippen LogP contribution in [0, 0.1) is 12.7 Å². The number of nitrogens with one attached hydrogen (secondary N) is 1. The van der Waals surface area contributed by atoms with Crippen molar-refractivity contribution in [1.82, 2.24) is 4.90 Å². The Morgan fingerprint density at radius 1 is 1.31 bits per heavy atom. The number of benzene rings is 1. The van der Waals surface area contributed by atoms with E-state index in [9.17, 15) is 9.18 Å². The minimum absolute atomic E-state index is 0. The van der Waals surface area contributed by atoms with E-state index >= 15 is 0 Å². The van der Waals surface area contributed by atoms with Gasteiger partial charge in [0.15, 0.2) is 0 Å². The molecule has 0 bridgehead atoms. The maximum absolute atomic E-state index is 14.0. The predicted molar refractivity (Wildman–Crippen MR) is 105 cm³/mol. The van der Waals surface area contributed by atoms with Gasteiger partial charge in [-0.2, -0.15) is 0 Å². The largest absolute Gasteiger partial charge is 0.383 e. The maximum Gasteiger partial charge on any atom is 0.263 e. The van der Waals surface area contributed by atoms with Crippen LogP contribution in [0.1, 0.15) is 33.0 Å². The highest BCUT2D eigenvalue weighted by Crippen LogP contribution is 2.35. The quantitative estimate of drug-likeness (QED) is 0.778. The van der Waals surface area contributed by atoms with Gasteiger partial charge in [-0.3, -0.25) is 4.79 Å². The second kappa shape index (κ2) is 6.89. The summed E-state index contributed by atoms with van der Waals surface area (Å²) in [5.74, 6) is -0.0885. The summed E-state index contributed by atoms with van der Waals surface area (Å²) < 4.78 is 14.0. The predicted octanol–water partition coefficient (Wildman–Crippen LogP) is 3.38. The van der Waals surface area contributed by atoms with Gasteiger partial charge in [-0.05, 0) is 31.2 Å². The summed E-state index contributed by atoms with van der Waals surface area (Å²) in [5.41, 5.74) is 6.47. The Morgan fingerprint density at radius 3 is 2.69 bits per heavy atom. The summed E-state index contributed by atoms with van der Waals surface area (Å²) in [6.07, 6.45) is 1.28. The molecule has 26 heavy (non-hydrogen) atoms. The Hall–Kier alpha value is -2.12. The first-order valence-corrected chi connectivity index (χ1v) is 9.07. The SMILES string of the molecule is Cc1ccc(C(=O)N2CCC3(CC2)N=C(N)c2c(F)cccc2N3)s1.Cl. The van der Waals surface area contributed by atoms with Crippen LogP contribution in [-0.4, -0.2) is 35.4 Å². The van der Waals surface area contributed by atoms with Crippen LogP contribution in [0.5, 0.6) is 0 Å². The lowest BCUT2D eigenvalue weighted by molar-refractivity contribution is 0.0690. The highest BCUT2D eigenvalue weighted by atomic mass is 35.5. The van der Waals surface area contributed by atoms with E-state index in [0.717, 1.165) is 9.75 Å². The number of halogens is 2. The molecule has 0 radical (unpaired) electrons. The highest BCUT2D eigenvalue weighted by Gasteiger charge is 2.39. The van der Waals surface area contributed by atoms with Gasteiger partial charge in [0, 0.05) is 36.5 Å². The van der Waals surface area contributed by atoms with Gasteiger partial charge in [0.1, 0.15) is 17.3 Å². The summed E-state index contributed by atoms with van der Waals surface area (Å²) in [6.45, 7) is 3.17. The Bertz CT molecular complexity index is 874. The molecule has 2 aliphatic heterocycles. The maximum atomic E-state index is 14.0. The number of thiophene rings is 1. The number of amides is 1. The third kappa shape index (κ3) is 3.17. The van der Waals surface area contributed by atoms with Gasteiger partial charge in [-0.1, -0.05) is 6.07 Å². The molecule has 1 spiro atoms. The van der Waals surface area contributed by atoms with Crippen LogP contribution in [0.25, 0.3) is 0 Å². The van der Waals surface area contributed by atoms with E-state index in [2.05, 4.69) is 10.3 Å². The van der Waals surface area contributed by atoms with Crippen molar-refractivity contribution in [3.05, 3.63) is 51.5 Å². The summed E-state index contributed by atoms with van der Waals surface area (Å²) in [6, 6.07) is 8.69. The number of carbonyl (C=O) groups excluding carboxylic acids is 1. The van der Waals surface area contributed by atoms with Crippen molar-refractivity contribution in [2.24, 2.45) is 10.7 Å². The Balaban J connectivity index is 0.00000196. The number of aliphatic imine (C=N–C) groups is 1. The van der Waals surface area contributed by atoms with Gasteiger partial charge in [0.05, 0.1) is 10.4 Å². The minimum Gasteiger partial charge on any atom is -0.383 e. The van der Waals surface area contributed by atoms with Gasteiger partial charge in [-0.25, -0.2) is 9.38 Å². The van der Waals surface area contributed by atoms with Crippen molar-refractivity contribution in [3.63, 3.8) is 0 Å². The molecule has 1 saturated heterocycles. The smallest absolute Gasteiger partial charge is 0.263 e. The molecule has 1 aromatic heterocycles. The van der Waals surface area contributed by atoms with Crippen molar-refractivity contribution in [1.29, 1.82) is 0 Å². The molecule has 1 fully saturated rings. The van der Waals surface area contributed by atoms with Crippen LogP contribution in [0.15, 0.2) is 35.3 Å². The number of hydrogen-bond acceptors (Lipinski definition) is 5. The molecule has 3 heterocycles. The third-order valence-corrected chi connectivity index (χ3v) is 5.79. The first-order chi connectivity index (χ1) is 12.0. The van der Waals surface area contributed by atoms with Crippen LogP contribution in [0.3, 0.4) is 0 Å². The van der Waals surface area contributed by atoms with Crippen molar-refractivity contribution < 1.29 is 9.18 Å². The summed E-state index contributed by atoms with van der Waals surface area (Å²) >= 11 is 1.51. The zero-order valence-corrected chi connectivity index (χ0v) is 15.9. The fraction of sp³-hybridized carbons (Fsp3) is 0.333. The number of hydrogen-bond donors (Lipinski definition) is 2. The van der Waals surface area contributed by atoms with E-state index in [-0.39, 0.29) is 30.0 Å². The van der Waals surface area contributed by atoms with Crippen molar-refractivity contribution >= 4 is 41.2 Å². The van der Waals surface area contributed by atoms with E-state index in [1.54, 1.807) is 6.07 Å². The molecular weight excluding hydrogens is 375 g/mol. The second-order valence-corrected chi connectivity index (χ2v) is 7.81. The topological polar surface area (TPSA) is 70.7 Å². The van der Waals surface area contributed by atoms with Gasteiger partial charge in [0.2, 0.25) is 0 Å². The van der Waals surface area contributed by atoms with Crippen molar-refractivity contribution in [2.45, 2.75) is 25.4 Å². The molecule has 8 heteroatoms. The molecule has 0 saturated carbocycles. The number of aryl methyl sites for hydroxylation is 1. The molecule has 4 rings (SSSR count). The molecule has 5 nitrogen and oxygen atoms in total. The average Bonchev–Trinajstić information content (AvgIpc) is 3.01. The lowest BCUT2D eigenvalue weighted by atomic mass is 9.93. The lowest BCUT2D eigenvalue weighted by Gasteiger charge is -2.42. The first kappa shape index (κ1) is 18.7. The Kier molecular flexibility index (Phi) is 4.94. The third-order valence-electron chi connectivity index (χ3n) is 4.80. The number of amidine groups is 1. The van der Waals surface area contributed by atoms with Crippen LogP contribution in [0.4, 0.5) is 10.1 Å². The van der Waals surface area contributed by atoms with Crippen LogP contribution < -0.4 is 11.1 Å². The number of carbonyl (C=O) groups is 1. The molecule has 2 aliphatic rings. The number of piperidine rings is 1. The van der Waals surface area contributed by atoms with Crippen molar-refractivity contribution in [2.75, 3.05) is 18.4 Å². The first-order valence-electron chi connectivity index (χ1n) is 8.26. The van der Waals surface area contributed by atoms with E-state index in [4.69, 9.17) is 5.73 Å². The summed E-state index contributed by atoms with van der Waals surface area (Å²) in [7, 11) is 0. The van der Waals surface area contributed by atoms with Gasteiger partial charge < -0.3 is 16.0 Å². The second-order valence-electron chi connectivity index (χ2n) is 6.52. The minimum atomic E-state index is -0.562. The number of likely N-dealkylation sites (tertiary alicyclic amines) is 1. The Labute approximate surface area is 161 Å². The molecule has 138 valence electrons. The highest BCUT2D eigenvalue weighted by molar-refractivity contribution is 7.13. The lowest BCUT2D eigenvalue weighted by Crippen LogP contribution is -2.52. The Morgan fingerprint density at radius 2 is 2.04 bits per heavy atom.